The topological polar surface area (TPSA) is 43.4 Å². The van der Waals surface area contributed by atoms with Gasteiger partial charge in [-0.3, -0.25) is 4.18 Å². The minimum atomic E-state index is -5.39. The molecule has 14 heavy (non-hydrogen) atoms. The van der Waals surface area contributed by atoms with Crippen molar-refractivity contribution in [1.29, 1.82) is 0 Å². The fourth-order valence-corrected chi connectivity index (χ4v) is 1.55. The molecule has 86 valence electrons. The summed E-state index contributed by atoms with van der Waals surface area (Å²) in [7, 11) is -5.39. The molecule has 0 aromatic rings. The van der Waals surface area contributed by atoms with Crippen LogP contribution >= 0.6 is 11.8 Å². The van der Waals surface area contributed by atoms with Gasteiger partial charge in [0.25, 0.3) is 0 Å². The molecule has 0 N–H and O–H groups in total. The van der Waals surface area contributed by atoms with Crippen LogP contribution in [0.25, 0.3) is 0 Å². The zero-order chi connectivity index (χ0) is 11.2. The van der Waals surface area contributed by atoms with E-state index in [-0.39, 0.29) is 0 Å². The number of halogens is 3. The summed E-state index contributed by atoms with van der Waals surface area (Å²) in [4.78, 5) is 0. The predicted molar refractivity (Wildman–Crippen MR) is 48.5 cm³/mol. The van der Waals surface area contributed by atoms with E-state index < -0.39 is 22.2 Å². The molecule has 0 aliphatic heterocycles. The molecule has 8 heteroatoms. The largest absolute Gasteiger partial charge is 0.523 e. The average Bonchev–Trinajstić information content (AvgIpc) is 2.02. The Morgan fingerprint density at radius 3 is 2.29 bits per heavy atom. The second-order valence-electron chi connectivity index (χ2n) is 2.42. The maximum atomic E-state index is 11.7. The smallest absolute Gasteiger partial charge is 0.263 e. The molecule has 0 unspecified atom stereocenters. The Kier molecular flexibility index (Phi) is 5.84. The molecule has 0 spiro atoms. The van der Waals surface area contributed by atoms with E-state index in [2.05, 4.69) is 4.18 Å². The van der Waals surface area contributed by atoms with E-state index in [1.165, 1.54) is 11.8 Å². The van der Waals surface area contributed by atoms with Gasteiger partial charge in [0.2, 0.25) is 0 Å². The van der Waals surface area contributed by atoms with E-state index in [0.29, 0.717) is 12.8 Å². The zero-order valence-electron chi connectivity index (χ0n) is 7.50. The zero-order valence-corrected chi connectivity index (χ0v) is 9.14. The summed E-state index contributed by atoms with van der Waals surface area (Å²) in [6, 6.07) is 0. The van der Waals surface area contributed by atoms with Crippen LogP contribution < -0.4 is 0 Å². The number of unbranched alkanes of at least 4 members (excludes halogenated alkanes) is 1. The molecule has 0 aromatic carbocycles. The standard InChI is InChI=1S/C6H11F3O3S2/c1-13-5-3-2-4-12-14(10,11)6(7,8)9/h2-5H2,1H3. The number of alkyl halides is 3. The van der Waals surface area contributed by atoms with Gasteiger partial charge in [0, 0.05) is 0 Å². The van der Waals surface area contributed by atoms with E-state index in [1.54, 1.807) is 0 Å². The van der Waals surface area contributed by atoms with Crippen molar-refractivity contribution >= 4 is 21.9 Å². The minimum absolute atomic E-state index is 0.302. The van der Waals surface area contributed by atoms with E-state index in [1.807, 2.05) is 6.26 Å². The van der Waals surface area contributed by atoms with E-state index in [4.69, 9.17) is 0 Å². The third-order valence-electron chi connectivity index (χ3n) is 1.26. The first-order chi connectivity index (χ1) is 6.31. The Labute approximate surface area is 85.1 Å². The fourth-order valence-electron chi connectivity index (χ4n) is 0.584. The molecule has 0 amide bonds. The van der Waals surface area contributed by atoms with Crippen LogP contribution in [0.15, 0.2) is 0 Å². The van der Waals surface area contributed by atoms with Crippen molar-refractivity contribution < 1.29 is 25.8 Å². The lowest BCUT2D eigenvalue weighted by Crippen LogP contribution is -2.25. The molecule has 0 saturated carbocycles. The molecule has 0 radical (unpaired) electrons. The van der Waals surface area contributed by atoms with Crippen LogP contribution in [-0.4, -0.2) is 32.5 Å². The Balaban J connectivity index is 3.80. The molecule has 0 bridgehead atoms. The highest BCUT2D eigenvalue weighted by Gasteiger charge is 2.47. The van der Waals surface area contributed by atoms with Crippen LogP contribution in [0, 0.1) is 0 Å². The highest BCUT2D eigenvalue weighted by atomic mass is 32.2. The van der Waals surface area contributed by atoms with Crippen LogP contribution in [0.4, 0.5) is 13.2 Å². The van der Waals surface area contributed by atoms with Crippen LogP contribution in [0.2, 0.25) is 0 Å². The molecule has 0 fully saturated rings. The predicted octanol–water partition coefficient (Wildman–Crippen LogP) is 2.00. The lowest BCUT2D eigenvalue weighted by Gasteiger charge is -2.07. The summed E-state index contributed by atoms with van der Waals surface area (Å²) in [6.45, 7) is -0.414. The van der Waals surface area contributed by atoms with Gasteiger partial charge in [-0.15, -0.1) is 0 Å². The van der Waals surface area contributed by atoms with Crippen molar-refractivity contribution in [3.8, 4) is 0 Å². The molecular formula is C6H11F3O3S2. The summed E-state index contributed by atoms with van der Waals surface area (Å²) >= 11 is 1.54. The minimum Gasteiger partial charge on any atom is -0.263 e. The van der Waals surface area contributed by atoms with Gasteiger partial charge in [-0.1, -0.05) is 0 Å². The lowest BCUT2D eigenvalue weighted by atomic mass is 10.4. The second-order valence-corrected chi connectivity index (χ2v) is 5.01. The fraction of sp³-hybridized carbons (Fsp3) is 1.00. The van der Waals surface area contributed by atoms with Gasteiger partial charge in [-0.05, 0) is 24.9 Å². The molecular weight excluding hydrogens is 241 g/mol. The van der Waals surface area contributed by atoms with Crippen molar-refractivity contribution in [2.75, 3.05) is 18.6 Å². The van der Waals surface area contributed by atoms with Crippen LogP contribution in [0.5, 0.6) is 0 Å². The van der Waals surface area contributed by atoms with Gasteiger partial charge in [-0.25, -0.2) is 0 Å². The summed E-state index contributed by atoms with van der Waals surface area (Å²) in [6.07, 6.45) is 2.79. The van der Waals surface area contributed by atoms with E-state index in [0.717, 1.165) is 5.75 Å². The Morgan fingerprint density at radius 1 is 1.29 bits per heavy atom. The molecule has 0 aliphatic carbocycles. The monoisotopic (exact) mass is 252 g/mol. The Morgan fingerprint density at radius 2 is 1.86 bits per heavy atom. The maximum absolute atomic E-state index is 11.7. The maximum Gasteiger partial charge on any atom is 0.523 e. The van der Waals surface area contributed by atoms with Gasteiger partial charge in [0.15, 0.2) is 0 Å². The van der Waals surface area contributed by atoms with Crippen LogP contribution in [0.3, 0.4) is 0 Å². The first kappa shape index (κ1) is 14.1. The first-order valence-electron chi connectivity index (χ1n) is 3.76. The highest BCUT2D eigenvalue weighted by Crippen LogP contribution is 2.24. The van der Waals surface area contributed by atoms with Crippen LogP contribution in [-0.2, 0) is 14.3 Å². The number of rotatable bonds is 6. The summed E-state index contributed by atoms with van der Waals surface area (Å²) in [5.74, 6) is 0.773. The lowest BCUT2D eigenvalue weighted by molar-refractivity contribution is -0.0542. The first-order valence-corrected chi connectivity index (χ1v) is 6.56. The Hall–Kier alpha value is 0.0500. The van der Waals surface area contributed by atoms with Gasteiger partial charge in [0.1, 0.15) is 0 Å². The molecule has 3 nitrogen and oxygen atoms in total. The van der Waals surface area contributed by atoms with Crippen molar-refractivity contribution in [1.82, 2.24) is 0 Å². The number of hydrogen-bond donors (Lipinski definition) is 0. The van der Waals surface area contributed by atoms with Gasteiger partial charge < -0.3 is 0 Å². The summed E-state index contributed by atoms with van der Waals surface area (Å²) in [5.41, 5.74) is -5.31. The van der Waals surface area contributed by atoms with Crippen molar-refractivity contribution in [3.05, 3.63) is 0 Å². The van der Waals surface area contributed by atoms with Crippen molar-refractivity contribution in [2.45, 2.75) is 18.3 Å². The van der Waals surface area contributed by atoms with Crippen molar-refractivity contribution in [2.24, 2.45) is 0 Å². The highest BCUT2D eigenvalue weighted by molar-refractivity contribution is 7.98. The van der Waals surface area contributed by atoms with Gasteiger partial charge >= 0.3 is 15.6 Å². The Bertz CT molecular complexity index is 248. The second kappa shape index (κ2) is 5.82. The normalized spacial score (nSPS) is 13.1. The molecule has 0 heterocycles. The average molecular weight is 252 g/mol. The summed E-state index contributed by atoms with van der Waals surface area (Å²) in [5, 5.41) is 0. The van der Waals surface area contributed by atoms with E-state index in [9.17, 15) is 21.6 Å². The van der Waals surface area contributed by atoms with Gasteiger partial charge in [0.05, 0.1) is 6.61 Å². The molecule has 0 aromatic heterocycles. The molecule has 0 aliphatic rings. The number of thioether (sulfide) groups is 1. The quantitative estimate of drug-likeness (QED) is 0.412. The molecule has 0 saturated heterocycles. The van der Waals surface area contributed by atoms with Gasteiger partial charge in [-0.2, -0.15) is 33.4 Å². The summed E-state index contributed by atoms with van der Waals surface area (Å²) < 4.78 is 59.5. The van der Waals surface area contributed by atoms with Crippen LogP contribution in [0.1, 0.15) is 12.8 Å². The third kappa shape index (κ3) is 5.06. The van der Waals surface area contributed by atoms with Crippen molar-refractivity contribution in [3.63, 3.8) is 0 Å². The van der Waals surface area contributed by atoms with E-state index >= 15 is 0 Å². The SMILES string of the molecule is CSCCCCOS(=O)(=O)C(F)(F)F. The molecule has 0 rings (SSSR count). The number of hydrogen-bond acceptors (Lipinski definition) is 4. The third-order valence-corrected chi connectivity index (χ3v) is 3.01. The molecule has 0 atom stereocenters.